The van der Waals surface area contributed by atoms with Crippen molar-refractivity contribution in [3.05, 3.63) is 267 Å². The first kappa shape index (κ1) is 75.4. The summed E-state index contributed by atoms with van der Waals surface area (Å²) in [5.74, 6) is 0. The highest BCUT2D eigenvalue weighted by Crippen LogP contribution is 2.58. The van der Waals surface area contributed by atoms with Gasteiger partial charge in [0.1, 0.15) is 0 Å². The lowest BCUT2D eigenvalue weighted by molar-refractivity contribution is 0.568. The Morgan fingerprint density at radius 3 is 1.02 bits per heavy atom. The van der Waals surface area contributed by atoms with E-state index >= 15 is 0 Å². The molecule has 0 aliphatic carbocycles. The van der Waals surface area contributed by atoms with Gasteiger partial charge >= 0.3 is 0 Å². The predicted molar refractivity (Wildman–Crippen MR) is 499 cm³/mol. The van der Waals surface area contributed by atoms with Crippen LogP contribution in [0.15, 0.2) is 206 Å². The van der Waals surface area contributed by atoms with E-state index in [9.17, 15) is 5.48 Å². The minimum Gasteiger partial charge on any atom is -0.310 e. The molecule has 113 heavy (non-hydrogen) atoms. The quantitative estimate of drug-likeness (QED) is 0.140. The van der Waals surface area contributed by atoms with Crippen LogP contribution in [0.2, 0.25) is 0 Å². The Hall–Kier alpha value is -8.92. The van der Waals surface area contributed by atoms with Crippen LogP contribution in [-0.2, 0) is 59.6 Å². The van der Waals surface area contributed by atoms with Crippen molar-refractivity contribution in [2.24, 2.45) is 0 Å². The fraction of sp³-hybridized carbons (Fsp3) is 0.400. The van der Waals surface area contributed by atoms with Crippen molar-refractivity contribution in [3.8, 4) is 66.8 Å². The van der Waals surface area contributed by atoms with E-state index in [1.54, 1.807) is 0 Å². The largest absolute Gasteiger partial charge is 0.310 e. The SMILES string of the molecule is [2H]c1c([2H])c([2H])c(-c2ccc3c(c2)N(c2c(-c4ccccc4C(C)(C)C)cc(C(C)(C)C)cc2-c2ccc(C(C)(C)C)cc2C(C)(C)C)c2cc(C(C)(C)C)cc4c2B3c2ccc(-c3cc(C(C)(C)C)cc(C(C)(C)C)c3)cc2N4c2c(-c3ccc(C(C)(C)C)cc3)cc(C(C)(C)C)cc2-c2cc(C(C)(C)C)ccc2C(C)(C)C)c([2H])c1[2H]. The van der Waals surface area contributed by atoms with E-state index in [2.05, 4.69) is 408 Å². The lowest BCUT2D eigenvalue weighted by Crippen LogP contribution is -2.61. The zero-order valence-corrected chi connectivity index (χ0v) is 75.2. The van der Waals surface area contributed by atoms with Crippen molar-refractivity contribution in [2.45, 2.75) is 288 Å². The summed E-state index contributed by atoms with van der Waals surface area (Å²) >= 11 is 0. The number of hydrogen-bond donors (Lipinski definition) is 0. The van der Waals surface area contributed by atoms with E-state index in [1.807, 2.05) is 6.07 Å². The zero-order chi connectivity index (χ0) is 87.1. The van der Waals surface area contributed by atoms with Crippen molar-refractivity contribution < 1.29 is 6.85 Å². The lowest BCUT2D eigenvalue weighted by Gasteiger charge is -2.47. The van der Waals surface area contributed by atoms with Crippen LogP contribution in [0, 0.1) is 0 Å². The molecule has 13 rings (SSSR count). The Bertz CT molecular complexity index is 5760. The first-order valence-electron chi connectivity index (χ1n) is 44.3. The highest BCUT2D eigenvalue weighted by molar-refractivity contribution is 7.00. The van der Waals surface area contributed by atoms with Crippen LogP contribution in [0.4, 0.5) is 34.1 Å². The van der Waals surface area contributed by atoms with Gasteiger partial charge in [-0.15, -0.1) is 0 Å². The van der Waals surface area contributed by atoms with Crippen LogP contribution in [0.1, 0.15) is 297 Å². The highest BCUT2D eigenvalue weighted by atomic mass is 15.2. The van der Waals surface area contributed by atoms with Crippen LogP contribution < -0.4 is 26.2 Å². The van der Waals surface area contributed by atoms with Gasteiger partial charge in [-0.25, -0.2) is 0 Å². The molecule has 3 heteroatoms. The van der Waals surface area contributed by atoms with Gasteiger partial charge in [-0.3, -0.25) is 0 Å². The van der Waals surface area contributed by atoms with Gasteiger partial charge in [-0.1, -0.05) is 386 Å². The standard InChI is InChI=1S/C110H133BN2/c1-100(2,3)73-47-43-69(44-48-73)83-61-78(105(16,17)18)64-87(84-60-74(101(4,5)6)50-52-89(84)109(28,29)30)98(83)112-94-58-71(72-55-76(103(10,11)12)59-77(56-72)104(13,14)15)46-54-92(94)111-91-53-45-70(68-39-35-34-36-40-68)57-93(91)113(96-67-80(107(22,23)24)66-95(112)97(96)111)99-85(81-41-37-38-42-88(81)108(25,26)27)62-79(106(19,20)21)63-86(99)82-51-49-75(102(7,8)9)65-90(82)110(31,32)33/h34-67H,1-33H3/i34D,35D,36D,39D,40D. The fourth-order valence-corrected chi connectivity index (χ4v) is 17.0. The molecule has 2 heterocycles. The topological polar surface area (TPSA) is 6.48 Å². The summed E-state index contributed by atoms with van der Waals surface area (Å²) in [6.07, 6.45) is 0. The molecule has 0 bridgehead atoms. The summed E-state index contributed by atoms with van der Waals surface area (Å²) in [6.45, 7) is 77.0. The maximum Gasteiger partial charge on any atom is 0.252 e. The molecule has 0 N–H and O–H groups in total. The van der Waals surface area contributed by atoms with Crippen LogP contribution in [-0.4, -0.2) is 6.71 Å². The third kappa shape index (κ3) is 15.8. The van der Waals surface area contributed by atoms with E-state index in [-0.39, 0.29) is 83.9 Å². The fourth-order valence-electron chi connectivity index (χ4n) is 17.0. The van der Waals surface area contributed by atoms with Crippen LogP contribution >= 0.6 is 0 Å². The van der Waals surface area contributed by atoms with Gasteiger partial charge in [0.25, 0.3) is 6.71 Å². The van der Waals surface area contributed by atoms with Crippen molar-refractivity contribution >= 4 is 57.2 Å². The van der Waals surface area contributed by atoms with Gasteiger partial charge in [0.05, 0.1) is 18.2 Å². The van der Waals surface area contributed by atoms with Gasteiger partial charge < -0.3 is 9.80 Å². The van der Waals surface area contributed by atoms with Crippen molar-refractivity contribution in [1.29, 1.82) is 0 Å². The number of rotatable bonds is 8. The smallest absolute Gasteiger partial charge is 0.252 e. The van der Waals surface area contributed by atoms with E-state index < -0.39 is 18.2 Å². The summed E-state index contributed by atoms with van der Waals surface area (Å²) in [6, 6.07) is 68.0. The number of anilines is 6. The monoisotopic (exact) mass is 1500 g/mol. The molecular weight excluding hydrogens is 1360 g/mol. The molecule has 11 aromatic rings. The molecule has 0 unspecified atom stereocenters. The number of benzene rings is 11. The van der Waals surface area contributed by atoms with E-state index in [0.717, 1.165) is 106 Å². The Labute approximate surface area is 691 Å². The molecule has 0 saturated carbocycles. The maximum atomic E-state index is 9.88. The van der Waals surface area contributed by atoms with Crippen molar-refractivity contribution in [2.75, 3.05) is 9.80 Å². The number of fused-ring (bicyclic) bond motifs is 4. The highest BCUT2D eigenvalue weighted by Gasteiger charge is 2.48. The summed E-state index contributed by atoms with van der Waals surface area (Å²) in [7, 11) is 0. The molecule has 2 aliphatic heterocycles. The van der Waals surface area contributed by atoms with E-state index in [0.29, 0.717) is 5.56 Å². The molecule has 0 fully saturated rings. The van der Waals surface area contributed by atoms with E-state index in [4.69, 9.17) is 1.37 Å². The third-order valence-corrected chi connectivity index (χ3v) is 24.2. The summed E-state index contributed by atoms with van der Waals surface area (Å²) < 4.78 is 47.5. The second kappa shape index (κ2) is 27.9. The Morgan fingerprint density at radius 2 is 0.566 bits per heavy atom. The molecule has 0 saturated heterocycles. The number of hydrogen-bond acceptors (Lipinski definition) is 2. The minimum absolute atomic E-state index is 0.112. The second-order valence-corrected chi connectivity index (χ2v) is 44.6. The molecular formula is C110H133BN2. The molecule has 0 radical (unpaired) electrons. The Morgan fingerprint density at radius 1 is 0.221 bits per heavy atom. The molecule has 0 aromatic heterocycles. The van der Waals surface area contributed by atoms with Gasteiger partial charge in [-0.05, 0) is 230 Å². The second-order valence-electron chi connectivity index (χ2n) is 44.6. The average molecular weight is 1500 g/mol. The maximum absolute atomic E-state index is 9.88. The molecule has 0 atom stereocenters. The third-order valence-electron chi connectivity index (χ3n) is 24.2. The lowest BCUT2D eigenvalue weighted by atomic mass is 9.33. The van der Waals surface area contributed by atoms with Gasteiger partial charge in [-0.2, -0.15) is 0 Å². The van der Waals surface area contributed by atoms with E-state index in [1.165, 1.54) is 61.2 Å². The molecule has 2 nitrogen and oxygen atoms in total. The molecule has 586 valence electrons. The summed E-state index contributed by atoms with van der Waals surface area (Å²) in [5, 5.41) is 0. The average Bonchev–Trinajstić information content (AvgIpc) is 0.682. The van der Waals surface area contributed by atoms with Crippen LogP contribution in [0.25, 0.3) is 66.8 Å². The predicted octanol–water partition coefficient (Wildman–Crippen LogP) is 30.0. The molecule has 2 aliphatic rings. The van der Waals surface area contributed by atoms with Crippen molar-refractivity contribution in [3.63, 3.8) is 0 Å². The Kier molecular flexibility index (Phi) is 18.7. The van der Waals surface area contributed by atoms with Gasteiger partial charge in [0, 0.05) is 45.0 Å². The zero-order valence-electron chi connectivity index (χ0n) is 80.2. The molecule has 0 spiro atoms. The van der Waals surface area contributed by atoms with Gasteiger partial charge in [0.15, 0.2) is 0 Å². The van der Waals surface area contributed by atoms with Gasteiger partial charge in [0.2, 0.25) is 0 Å². The first-order chi connectivity index (χ1) is 54.1. The Balaban J connectivity index is 1.35. The normalized spacial score (nSPS) is 14.6. The minimum atomic E-state index is -0.472. The van der Waals surface area contributed by atoms with Crippen LogP contribution in [0.5, 0.6) is 0 Å². The molecule has 0 amide bonds. The first-order valence-corrected chi connectivity index (χ1v) is 41.8. The molecule has 11 aromatic carbocycles. The summed E-state index contributed by atoms with van der Waals surface area (Å²) in [5.41, 5.74) is 32.0. The van der Waals surface area contributed by atoms with Crippen molar-refractivity contribution in [1.82, 2.24) is 0 Å². The number of nitrogens with zero attached hydrogens (tertiary/aromatic N) is 2. The summed E-state index contributed by atoms with van der Waals surface area (Å²) in [4.78, 5) is 5.36. The van der Waals surface area contributed by atoms with Crippen LogP contribution in [0.3, 0.4) is 0 Å².